The molecular formula is C15H19FN2O3. The van der Waals surface area contributed by atoms with Gasteiger partial charge in [-0.2, -0.15) is 0 Å². The van der Waals surface area contributed by atoms with E-state index in [0.29, 0.717) is 18.8 Å². The highest BCUT2D eigenvalue weighted by Crippen LogP contribution is 2.21. The van der Waals surface area contributed by atoms with E-state index in [1.807, 2.05) is 0 Å². The van der Waals surface area contributed by atoms with Crippen molar-refractivity contribution in [3.05, 3.63) is 30.1 Å². The van der Waals surface area contributed by atoms with Gasteiger partial charge in [0.15, 0.2) is 6.10 Å². The number of piperazine rings is 1. The number of hydrogen-bond donors (Lipinski definition) is 1. The maximum atomic E-state index is 12.8. The zero-order valence-corrected chi connectivity index (χ0v) is 12.4. The highest BCUT2D eigenvalue weighted by molar-refractivity contribution is 5.93. The van der Waals surface area contributed by atoms with E-state index in [2.05, 4.69) is 5.32 Å². The maximum absolute atomic E-state index is 12.8. The molecule has 1 fully saturated rings. The molecule has 114 valence electrons. The summed E-state index contributed by atoms with van der Waals surface area (Å²) in [7, 11) is 0. The number of amides is 2. The van der Waals surface area contributed by atoms with E-state index in [-0.39, 0.29) is 17.6 Å². The number of halogens is 1. The average molecular weight is 294 g/mol. The van der Waals surface area contributed by atoms with E-state index in [1.54, 1.807) is 20.8 Å². The van der Waals surface area contributed by atoms with Gasteiger partial charge in [0.1, 0.15) is 17.1 Å². The molecule has 0 spiro atoms. The molecule has 0 saturated carbocycles. The smallest absolute Gasteiger partial charge is 0.264 e. The van der Waals surface area contributed by atoms with Crippen LogP contribution in [0, 0.1) is 5.82 Å². The molecule has 21 heavy (non-hydrogen) atoms. The molecule has 0 aliphatic carbocycles. The molecule has 1 aliphatic rings. The Balaban J connectivity index is 2.08. The number of ether oxygens (including phenoxy) is 1. The number of rotatable bonds is 3. The lowest BCUT2D eigenvalue weighted by Crippen LogP contribution is -2.65. The Morgan fingerprint density at radius 2 is 2.00 bits per heavy atom. The van der Waals surface area contributed by atoms with Crippen LogP contribution in [0.2, 0.25) is 0 Å². The van der Waals surface area contributed by atoms with Crippen LogP contribution in [-0.4, -0.2) is 41.4 Å². The maximum Gasteiger partial charge on any atom is 0.264 e. The molecule has 2 amide bonds. The first-order valence-corrected chi connectivity index (χ1v) is 6.84. The number of carbonyl (C=O) groups excluding carboxylic acids is 2. The number of nitrogens with one attached hydrogen (secondary N) is 1. The third kappa shape index (κ3) is 3.15. The second-order valence-corrected chi connectivity index (χ2v) is 5.52. The molecule has 1 aromatic carbocycles. The highest BCUT2D eigenvalue weighted by atomic mass is 19.1. The molecule has 1 aliphatic heterocycles. The number of hydrogen-bond acceptors (Lipinski definition) is 3. The van der Waals surface area contributed by atoms with Gasteiger partial charge in [-0.3, -0.25) is 9.59 Å². The van der Waals surface area contributed by atoms with Gasteiger partial charge in [0.2, 0.25) is 5.91 Å². The minimum atomic E-state index is -0.907. The molecule has 1 atom stereocenters. The summed E-state index contributed by atoms with van der Waals surface area (Å²) in [6.45, 7) is 5.88. The van der Waals surface area contributed by atoms with Crippen LogP contribution < -0.4 is 10.1 Å². The molecule has 0 radical (unpaired) electrons. The standard InChI is InChI=1S/C15H19FN2O3/c1-10(21-12-6-4-11(16)5-7-12)13(19)18-9-8-17-14(20)15(18,2)3/h4-7,10H,8-9H2,1-3H3,(H,17,20). The Kier molecular flexibility index (Phi) is 4.16. The first kappa shape index (κ1) is 15.3. The quantitative estimate of drug-likeness (QED) is 0.915. The number of carbonyl (C=O) groups is 2. The molecule has 2 rings (SSSR count). The van der Waals surface area contributed by atoms with Gasteiger partial charge in [-0.1, -0.05) is 0 Å². The SMILES string of the molecule is CC(Oc1ccc(F)cc1)C(=O)N1CCNC(=O)C1(C)C. The highest BCUT2D eigenvalue weighted by Gasteiger charge is 2.42. The van der Waals surface area contributed by atoms with Crippen molar-refractivity contribution in [1.82, 2.24) is 10.2 Å². The molecule has 1 aromatic rings. The molecular weight excluding hydrogens is 275 g/mol. The summed E-state index contributed by atoms with van der Waals surface area (Å²) >= 11 is 0. The Labute approximate surface area is 123 Å². The van der Waals surface area contributed by atoms with Gasteiger partial charge in [-0.25, -0.2) is 4.39 Å². The Bertz CT molecular complexity index is 542. The Morgan fingerprint density at radius 1 is 1.38 bits per heavy atom. The molecule has 5 nitrogen and oxygen atoms in total. The monoisotopic (exact) mass is 294 g/mol. The molecule has 6 heteroatoms. The van der Waals surface area contributed by atoms with Crippen molar-refractivity contribution in [3.63, 3.8) is 0 Å². The third-order valence-corrected chi connectivity index (χ3v) is 3.59. The van der Waals surface area contributed by atoms with Crippen LogP contribution in [0.5, 0.6) is 5.75 Å². The van der Waals surface area contributed by atoms with Crippen molar-refractivity contribution in [2.75, 3.05) is 13.1 Å². The minimum absolute atomic E-state index is 0.184. The summed E-state index contributed by atoms with van der Waals surface area (Å²) in [5, 5.41) is 2.74. The van der Waals surface area contributed by atoms with Gasteiger partial charge >= 0.3 is 0 Å². The first-order chi connectivity index (χ1) is 9.82. The van der Waals surface area contributed by atoms with Gasteiger partial charge in [0, 0.05) is 13.1 Å². The van der Waals surface area contributed by atoms with Crippen LogP contribution in [0.4, 0.5) is 4.39 Å². The first-order valence-electron chi connectivity index (χ1n) is 6.84. The lowest BCUT2D eigenvalue weighted by Gasteiger charge is -2.42. The fourth-order valence-corrected chi connectivity index (χ4v) is 2.27. The van der Waals surface area contributed by atoms with E-state index in [0.717, 1.165) is 0 Å². The van der Waals surface area contributed by atoms with E-state index >= 15 is 0 Å². The van der Waals surface area contributed by atoms with E-state index in [1.165, 1.54) is 29.2 Å². The summed E-state index contributed by atoms with van der Waals surface area (Å²) in [6.07, 6.45) is -0.749. The van der Waals surface area contributed by atoms with Crippen LogP contribution in [-0.2, 0) is 9.59 Å². The molecule has 0 bridgehead atoms. The fourth-order valence-electron chi connectivity index (χ4n) is 2.27. The van der Waals surface area contributed by atoms with Crippen molar-refractivity contribution in [2.24, 2.45) is 0 Å². The van der Waals surface area contributed by atoms with E-state index in [9.17, 15) is 14.0 Å². The van der Waals surface area contributed by atoms with Gasteiger partial charge in [-0.05, 0) is 45.0 Å². The predicted molar refractivity (Wildman–Crippen MR) is 75.3 cm³/mol. The minimum Gasteiger partial charge on any atom is -0.481 e. The summed E-state index contributed by atoms with van der Waals surface area (Å²) in [6, 6.07) is 5.47. The van der Waals surface area contributed by atoms with Crippen molar-refractivity contribution >= 4 is 11.8 Å². The van der Waals surface area contributed by atoms with Crippen molar-refractivity contribution in [3.8, 4) is 5.75 Å². The van der Waals surface area contributed by atoms with Crippen LogP contribution in [0.1, 0.15) is 20.8 Å². The van der Waals surface area contributed by atoms with E-state index < -0.39 is 11.6 Å². The van der Waals surface area contributed by atoms with Crippen LogP contribution >= 0.6 is 0 Å². The predicted octanol–water partition coefficient (Wildman–Crippen LogP) is 1.33. The average Bonchev–Trinajstić information content (AvgIpc) is 2.43. The van der Waals surface area contributed by atoms with Gasteiger partial charge in [-0.15, -0.1) is 0 Å². The van der Waals surface area contributed by atoms with Crippen molar-refractivity contribution < 1.29 is 18.7 Å². The summed E-state index contributed by atoms with van der Waals surface area (Å²) < 4.78 is 18.4. The second kappa shape index (κ2) is 5.71. The molecule has 0 aromatic heterocycles. The number of benzene rings is 1. The van der Waals surface area contributed by atoms with Gasteiger partial charge in [0.05, 0.1) is 0 Å². The largest absolute Gasteiger partial charge is 0.481 e. The molecule has 1 saturated heterocycles. The zero-order valence-electron chi connectivity index (χ0n) is 12.4. The third-order valence-electron chi connectivity index (χ3n) is 3.59. The number of nitrogens with zero attached hydrogens (tertiary/aromatic N) is 1. The van der Waals surface area contributed by atoms with Crippen LogP contribution in [0.3, 0.4) is 0 Å². The summed E-state index contributed by atoms with van der Waals surface area (Å²) in [5.74, 6) is -0.401. The second-order valence-electron chi connectivity index (χ2n) is 5.52. The van der Waals surface area contributed by atoms with Crippen LogP contribution in [0.15, 0.2) is 24.3 Å². The van der Waals surface area contributed by atoms with Gasteiger partial charge < -0.3 is 15.0 Å². The van der Waals surface area contributed by atoms with Crippen LogP contribution in [0.25, 0.3) is 0 Å². The topological polar surface area (TPSA) is 58.6 Å². The van der Waals surface area contributed by atoms with Gasteiger partial charge in [0.25, 0.3) is 5.91 Å². The lowest BCUT2D eigenvalue weighted by atomic mass is 9.98. The Morgan fingerprint density at radius 3 is 2.62 bits per heavy atom. The fraction of sp³-hybridized carbons (Fsp3) is 0.467. The van der Waals surface area contributed by atoms with Crippen molar-refractivity contribution in [1.29, 1.82) is 0 Å². The summed E-state index contributed by atoms with van der Waals surface area (Å²) in [4.78, 5) is 25.9. The molecule has 1 unspecified atom stereocenters. The molecule has 1 N–H and O–H groups in total. The normalized spacial score (nSPS) is 18.9. The van der Waals surface area contributed by atoms with E-state index in [4.69, 9.17) is 4.74 Å². The zero-order chi connectivity index (χ0) is 15.6. The Hall–Kier alpha value is -2.11. The molecule has 1 heterocycles. The lowest BCUT2D eigenvalue weighted by molar-refractivity contribution is -0.153. The van der Waals surface area contributed by atoms with Crippen molar-refractivity contribution in [2.45, 2.75) is 32.4 Å². The summed E-state index contributed by atoms with van der Waals surface area (Å²) in [5.41, 5.74) is -0.907.